The zero-order chi connectivity index (χ0) is 19.8. The van der Waals surface area contributed by atoms with E-state index in [0.717, 1.165) is 36.8 Å². The van der Waals surface area contributed by atoms with Crippen molar-refractivity contribution in [3.05, 3.63) is 34.9 Å². The number of hydrogen-bond acceptors (Lipinski definition) is 5. The summed E-state index contributed by atoms with van der Waals surface area (Å²) in [6, 6.07) is 4.90. The van der Waals surface area contributed by atoms with Gasteiger partial charge in [0, 0.05) is 18.0 Å². The van der Waals surface area contributed by atoms with E-state index in [-0.39, 0.29) is 24.7 Å². The Labute approximate surface area is 158 Å². The van der Waals surface area contributed by atoms with Crippen LogP contribution in [0.3, 0.4) is 0 Å². The van der Waals surface area contributed by atoms with Gasteiger partial charge in [-0.1, -0.05) is 25.0 Å². The van der Waals surface area contributed by atoms with Crippen LogP contribution in [0.25, 0.3) is 0 Å². The van der Waals surface area contributed by atoms with Crippen molar-refractivity contribution in [2.24, 2.45) is 0 Å². The van der Waals surface area contributed by atoms with Crippen molar-refractivity contribution in [2.75, 3.05) is 6.61 Å². The van der Waals surface area contributed by atoms with E-state index in [1.54, 1.807) is 12.1 Å². The lowest BCUT2D eigenvalue weighted by Gasteiger charge is -2.12. The highest BCUT2D eigenvalue weighted by Crippen LogP contribution is 2.17. The fraction of sp³-hybridized carbons (Fsp3) is 0.500. The Morgan fingerprint density at radius 1 is 1.04 bits per heavy atom. The molecule has 146 valence electrons. The van der Waals surface area contributed by atoms with E-state index < -0.39 is 24.5 Å². The van der Waals surface area contributed by atoms with Crippen LogP contribution in [-0.4, -0.2) is 36.3 Å². The molecule has 3 amide bonds. The second-order valence-electron chi connectivity index (χ2n) is 6.89. The molecule has 0 aromatic heterocycles. The van der Waals surface area contributed by atoms with Gasteiger partial charge in [-0.05, 0) is 43.9 Å². The van der Waals surface area contributed by atoms with Crippen LogP contribution in [-0.2, 0) is 14.3 Å². The first-order chi connectivity index (χ1) is 12.8. The van der Waals surface area contributed by atoms with E-state index in [1.165, 1.54) is 0 Å². The number of Topliss-reactive ketones (excluding diaryl/α,β-unsaturated/α-hetero) is 1. The maximum absolute atomic E-state index is 12.1. The molecule has 0 radical (unpaired) electrons. The van der Waals surface area contributed by atoms with Gasteiger partial charge in [-0.15, -0.1) is 0 Å². The summed E-state index contributed by atoms with van der Waals surface area (Å²) in [6.07, 6.45) is 3.84. The molecule has 7 nitrogen and oxygen atoms in total. The number of ether oxygens (including phenoxy) is 1. The number of carbonyl (C=O) groups is 4. The summed E-state index contributed by atoms with van der Waals surface area (Å²) in [7, 11) is 0. The van der Waals surface area contributed by atoms with E-state index in [4.69, 9.17) is 4.74 Å². The molecule has 0 saturated heterocycles. The fourth-order valence-corrected chi connectivity index (χ4v) is 2.95. The molecule has 2 N–H and O–H groups in total. The SMILES string of the molecule is Cc1ccc(C(=O)CCC(=O)OCC(=O)NC(=O)NC2CCCC2)cc1C. The molecular weight excluding hydrogens is 348 g/mol. The van der Waals surface area contributed by atoms with Crippen LogP contribution >= 0.6 is 0 Å². The van der Waals surface area contributed by atoms with Crippen molar-refractivity contribution in [1.29, 1.82) is 0 Å². The lowest BCUT2D eigenvalue weighted by atomic mass is 10.0. The predicted molar refractivity (Wildman–Crippen MR) is 99.4 cm³/mol. The number of urea groups is 1. The first-order valence-electron chi connectivity index (χ1n) is 9.21. The predicted octanol–water partition coefficient (Wildman–Crippen LogP) is 2.58. The molecule has 1 aromatic rings. The van der Waals surface area contributed by atoms with Crippen molar-refractivity contribution in [3.8, 4) is 0 Å². The van der Waals surface area contributed by atoms with Gasteiger partial charge in [0.05, 0.1) is 6.42 Å². The lowest BCUT2D eigenvalue weighted by Crippen LogP contribution is -2.45. The largest absolute Gasteiger partial charge is 0.456 e. The van der Waals surface area contributed by atoms with Gasteiger partial charge in [-0.2, -0.15) is 0 Å². The topological polar surface area (TPSA) is 102 Å². The second kappa shape index (κ2) is 9.85. The number of hydrogen-bond donors (Lipinski definition) is 2. The summed E-state index contributed by atoms with van der Waals surface area (Å²) in [5.74, 6) is -1.51. The third kappa shape index (κ3) is 6.84. The van der Waals surface area contributed by atoms with Gasteiger partial charge < -0.3 is 10.1 Å². The van der Waals surface area contributed by atoms with Gasteiger partial charge in [0.25, 0.3) is 5.91 Å². The average Bonchev–Trinajstić information content (AvgIpc) is 3.12. The molecule has 1 aliphatic carbocycles. The maximum atomic E-state index is 12.1. The van der Waals surface area contributed by atoms with Gasteiger partial charge in [0.15, 0.2) is 12.4 Å². The quantitative estimate of drug-likeness (QED) is 0.564. The highest BCUT2D eigenvalue weighted by atomic mass is 16.5. The Bertz CT molecular complexity index is 723. The number of imide groups is 1. The molecule has 0 atom stereocenters. The molecule has 0 aliphatic heterocycles. The van der Waals surface area contributed by atoms with Crippen LogP contribution in [0.15, 0.2) is 18.2 Å². The van der Waals surface area contributed by atoms with Crippen LogP contribution in [0.4, 0.5) is 4.79 Å². The Morgan fingerprint density at radius 2 is 1.74 bits per heavy atom. The normalized spacial score (nSPS) is 13.9. The molecule has 2 rings (SSSR count). The standard InChI is InChI=1S/C20H26N2O5/c1-13-7-8-15(11-14(13)2)17(23)9-10-19(25)27-12-18(24)22-20(26)21-16-5-3-4-6-16/h7-8,11,16H,3-6,9-10,12H2,1-2H3,(H2,21,22,24,26). The molecular formula is C20H26N2O5. The van der Waals surface area contributed by atoms with E-state index in [9.17, 15) is 19.2 Å². The molecule has 1 aliphatic rings. The van der Waals surface area contributed by atoms with Crippen LogP contribution in [0, 0.1) is 13.8 Å². The first kappa shape index (κ1) is 20.6. The number of carbonyl (C=O) groups excluding carboxylic acids is 4. The van der Waals surface area contributed by atoms with Gasteiger partial charge in [0.1, 0.15) is 0 Å². The molecule has 0 unspecified atom stereocenters. The Balaban J connectivity index is 1.66. The number of rotatable bonds is 7. The summed E-state index contributed by atoms with van der Waals surface area (Å²) in [5.41, 5.74) is 2.65. The average molecular weight is 374 g/mol. The van der Waals surface area contributed by atoms with Crippen molar-refractivity contribution in [3.63, 3.8) is 0 Å². The summed E-state index contributed by atoms with van der Waals surface area (Å²) < 4.78 is 4.82. The summed E-state index contributed by atoms with van der Waals surface area (Å²) in [6.45, 7) is 3.33. The minimum absolute atomic E-state index is 0.00508. The number of esters is 1. The zero-order valence-electron chi connectivity index (χ0n) is 15.8. The first-order valence-corrected chi connectivity index (χ1v) is 9.21. The third-order valence-electron chi connectivity index (χ3n) is 4.69. The van der Waals surface area contributed by atoms with Crippen molar-refractivity contribution in [1.82, 2.24) is 10.6 Å². The number of amides is 3. The lowest BCUT2D eigenvalue weighted by molar-refractivity contribution is -0.148. The van der Waals surface area contributed by atoms with Crippen molar-refractivity contribution < 1.29 is 23.9 Å². The highest BCUT2D eigenvalue weighted by molar-refractivity contribution is 5.98. The van der Waals surface area contributed by atoms with Crippen LogP contribution in [0.5, 0.6) is 0 Å². The zero-order valence-corrected chi connectivity index (χ0v) is 15.8. The van der Waals surface area contributed by atoms with E-state index in [1.807, 2.05) is 19.9 Å². The number of ketones is 1. The van der Waals surface area contributed by atoms with E-state index >= 15 is 0 Å². The molecule has 7 heteroatoms. The van der Waals surface area contributed by atoms with Crippen molar-refractivity contribution in [2.45, 2.75) is 58.4 Å². The Hall–Kier alpha value is -2.70. The molecule has 0 heterocycles. The van der Waals surface area contributed by atoms with Gasteiger partial charge >= 0.3 is 12.0 Å². The Morgan fingerprint density at radius 3 is 2.41 bits per heavy atom. The van der Waals surface area contributed by atoms with Gasteiger partial charge in [-0.3, -0.25) is 19.7 Å². The number of aryl methyl sites for hydroxylation is 2. The minimum Gasteiger partial charge on any atom is -0.456 e. The van der Waals surface area contributed by atoms with Crippen molar-refractivity contribution >= 4 is 23.7 Å². The summed E-state index contributed by atoms with van der Waals surface area (Å²) in [5, 5.41) is 4.84. The summed E-state index contributed by atoms with van der Waals surface area (Å²) in [4.78, 5) is 47.1. The molecule has 1 saturated carbocycles. The second-order valence-corrected chi connectivity index (χ2v) is 6.89. The maximum Gasteiger partial charge on any atom is 0.321 e. The monoisotopic (exact) mass is 374 g/mol. The van der Waals surface area contributed by atoms with E-state index in [0.29, 0.717) is 5.56 Å². The smallest absolute Gasteiger partial charge is 0.321 e. The highest BCUT2D eigenvalue weighted by Gasteiger charge is 2.19. The third-order valence-corrected chi connectivity index (χ3v) is 4.69. The van der Waals surface area contributed by atoms with Gasteiger partial charge in [0.2, 0.25) is 0 Å². The molecule has 1 aromatic carbocycles. The van der Waals surface area contributed by atoms with E-state index in [2.05, 4.69) is 10.6 Å². The minimum atomic E-state index is -0.695. The van der Waals surface area contributed by atoms with Crippen LogP contribution in [0.1, 0.15) is 60.0 Å². The Kier molecular flexibility index (Phi) is 7.52. The van der Waals surface area contributed by atoms with Gasteiger partial charge in [-0.25, -0.2) is 4.79 Å². The number of nitrogens with one attached hydrogen (secondary N) is 2. The molecule has 1 fully saturated rings. The molecule has 0 bridgehead atoms. The van der Waals surface area contributed by atoms with Crippen LogP contribution in [0.2, 0.25) is 0 Å². The fourth-order valence-electron chi connectivity index (χ4n) is 2.95. The molecule has 0 spiro atoms. The van der Waals surface area contributed by atoms with Crippen LogP contribution < -0.4 is 10.6 Å². The number of benzene rings is 1. The summed E-state index contributed by atoms with van der Waals surface area (Å²) >= 11 is 0. The molecule has 27 heavy (non-hydrogen) atoms.